The molecular weight excluding hydrogens is 184 g/mol. The predicted octanol–water partition coefficient (Wildman–Crippen LogP) is 4.72. The predicted molar refractivity (Wildman–Crippen MR) is 68.2 cm³/mol. The van der Waals surface area contributed by atoms with E-state index in [1.54, 1.807) is 7.11 Å². The molecule has 0 fully saturated rings. The van der Waals surface area contributed by atoms with Gasteiger partial charge in [0.15, 0.2) is 0 Å². The minimum Gasteiger partial charge on any atom is -0.377 e. The third-order valence-electron chi connectivity index (χ3n) is 2.66. The van der Waals surface area contributed by atoms with E-state index in [1.807, 2.05) is 0 Å². The molecule has 0 aromatic heterocycles. The van der Waals surface area contributed by atoms with Crippen molar-refractivity contribution in [1.29, 1.82) is 0 Å². The molecule has 0 heterocycles. The van der Waals surface area contributed by atoms with Gasteiger partial charge in [0.05, 0.1) is 6.10 Å². The van der Waals surface area contributed by atoms with Crippen molar-refractivity contribution in [2.45, 2.75) is 71.8 Å². The van der Waals surface area contributed by atoms with Gasteiger partial charge in [-0.1, -0.05) is 57.1 Å². The van der Waals surface area contributed by atoms with Crippen molar-refractivity contribution in [1.82, 2.24) is 0 Å². The van der Waals surface area contributed by atoms with E-state index >= 15 is 0 Å². The maximum atomic E-state index is 5.41. The Balaban J connectivity index is 3.43. The minimum absolute atomic E-state index is 0.334. The molecule has 0 aliphatic heterocycles. The van der Waals surface area contributed by atoms with Crippen LogP contribution in [0.1, 0.15) is 65.7 Å². The Morgan fingerprint density at radius 3 is 2.20 bits per heavy atom. The van der Waals surface area contributed by atoms with E-state index in [2.05, 4.69) is 26.8 Å². The van der Waals surface area contributed by atoms with Crippen LogP contribution in [0, 0.1) is 0 Å². The van der Waals surface area contributed by atoms with Gasteiger partial charge in [-0.05, 0) is 20.3 Å². The SMILES string of the molecule is CCCCCCCCC(C=C(C)C)OC. The third kappa shape index (κ3) is 9.99. The highest BCUT2D eigenvalue weighted by atomic mass is 16.5. The van der Waals surface area contributed by atoms with E-state index in [0.29, 0.717) is 6.10 Å². The quantitative estimate of drug-likeness (QED) is 0.397. The van der Waals surface area contributed by atoms with Gasteiger partial charge in [-0.25, -0.2) is 0 Å². The lowest BCUT2D eigenvalue weighted by atomic mass is 10.1. The molecule has 0 radical (unpaired) electrons. The second-order valence-electron chi connectivity index (χ2n) is 4.57. The third-order valence-corrected chi connectivity index (χ3v) is 2.66. The summed E-state index contributed by atoms with van der Waals surface area (Å²) in [5.74, 6) is 0. The first-order valence-electron chi connectivity index (χ1n) is 6.38. The van der Waals surface area contributed by atoms with Crippen molar-refractivity contribution in [3.05, 3.63) is 11.6 Å². The first-order valence-corrected chi connectivity index (χ1v) is 6.38. The Morgan fingerprint density at radius 1 is 1.07 bits per heavy atom. The fourth-order valence-corrected chi connectivity index (χ4v) is 1.77. The van der Waals surface area contributed by atoms with Crippen LogP contribution in [0.25, 0.3) is 0 Å². The van der Waals surface area contributed by atoms with Crippen LogP contribution >= 0.6 is 0 Å². The zero-order valence-electron chi connectivity index (χ0n) is 11.0. The molecular formula is C14H28O. The Kier molecular flexibility index (Phi) is 10.0. The molecule has 15 heavy (non-hydrogen) atoms. The Morgan fingerprint density at radius 2 is 1.67 bits per heavy atom. The number of unbranched alkanes of at least 4 members (excludes halogenated alkanes) is 5. The van der Waals surface area contributed by atoms with E-state index in [1.165, 1.54) is 50.5 Å². The molecule has 0 aliphatic rings. The summed E-state index contributed by atoms with van der Waals surface area (Å²) in [6, 6.07) is 0. The molecule has 0 bridgehead atoms. The van der Waals surface area contributed by atoms with Gasteiger partial charge in [0.25, 0.3) is 0 Å². The highest BCUT2D eigenvalue weighted by molar-refractivity contribution is 4.98. The molecule has 0 N–H and O–H groups in total. The number of hydrogen-bond acceptors (Lipinski definition) is 1. The van der Waals surface area contributed by atoms with E-state index in [-0.39, 0.29) is 0 Å². The van der Waals surface area contributed by atoms with Crippen LogP contribution in [0.3, 0.4) is 0 Å². The maximum Gasteiger partial charge on any atom is 0.0754 e. The summed E-state index contributed by atoms with van der Waals surface area (Å²) in [5.41, 5.74) is 1.35. The van der Waals surface area contributed by atoms with Gasteiger partial charge in [-0.2, -0.15) is 0 Å². The molecule has 1 nitrogen and oxygen atoms in total. The van der Waals surface area contributed by atoms with Crippen LogP contribution in [0.15, 0.2) is 11.6 Å². The summed E-state index contributed by atoms with van der Waals surface area (Å²) in [6.07, 6.45) is 11.9. The van der Waals surface area contributed by atoms with Crippen LogP contribution in [-0.4, -0.2) is 13.2 Å². The van der Waals surface area contributed by atoms with E-state index in [9.17, 15) is 0 Å². The molecule has 0 saturated carbocycles. The molecule has 1 unspecified atom stereocenters. The van der Waals surface area contributed by atoms with Gasteiger partial charge in [-0.15, -0.1) is 0 Å². The molecule has 0 aromatic carbocycles. The van der Waals surface area contributed by atoms with Crippen molar-refractivity contribution in [3.63, 3.8) is 0 Å². The fourth-order valence-electron chi connectivity index (χ4n) is 1.77. The molecule has 0 spiro atoms. The van der Waals surface area contributed by atoms with Gasteiger partial charge in [0, 0.05) is 7.11 Å². The van der Waals surface area contributed by atoms with E-state index < -0.39 is 0 Å². The van der Waals surface area contributed by atoms with Gasteiger partial charge in [0.1, 0.15) is 0 Å². The average Bonchev–Trinajstić information content (AvgIpc) is 2.20. The van der Waals surface area contributed by atoms with Gasteiger partial charge < -0.3 is 4.74 Å². The number of rotatable bonds is 9. The zero-order chi connectivity index (χ0) is 11.5. The molecule has 0 saturated heterocycles. The van der Waals surface area contributed by atoms with Crippen LogP contribution in [0.5, 0.6) is 0 Å². The summed E-state index contributed by atoms with van der Waals surface area (Å²) in [5, 5.41) is 0. The Labute approximate surface area is 95.9 Å². The minimum atomic E-state index is 0.334. The fraction of sp³-hybridized carbons (Fsp3) is 0.857. The summed E-state index contributed by atoms with van der Waals surface area (Å²) < 4.78 is 5.41. The van der Waals surface area contributed by atoms with Crippen LogP contribution in [-0.2, 0) is 4.74 Å². The monoisotopic (exact) mass is 212 g/mol. The lowest BCUT2D eigenvalue weighted by molar-refractivity contribution is 0.130. The summed E-state index contributed by atoms with van der Waals surface area (Å²) in [6.45, 7) is 6.52. The Bertz CT molecular complexity index is 157. The molecule has 1 heteroatoms. The first kappa shape index (κ1) is 14.7. The molecule has 0 amide bonds. The molecule has 90 valence electrons. The maximum absolute atomic E-state index is 5.41. The van der Waals surface area contributed by atoms with E-state index in [0.717, 1.165) is 0 Å². The first-order chi connectivity index (χ1) is 7.20. The van der Waals surface area contributed by atoms with Crippen LogP contribution in [0.2, 0.25) is 0 Å². The van der Waals surface area contributed by atoms with Crippen molar-refractivity contribution in [2.24, 2.45) is 0 Å². The number of hydrogen-bond donors (Lipinski definition) is 0. The van der Waals surface area contributed by atoms with Crippen molar-refractivity contribution in [3.8, 4) is 0 Å². The highest BCUT2D eigenvalue weighted by Crippen LogP contribution is 2.11. The lowest BCUT2D eigenvalue weighted by Gasteiger charge is -2.11. The average molecular weight is 212 g/mol. The van der Waals surface area contributed by atoms with Gasteiger partial charge in [0.2, 0.25) is 0 Å². The largest absolute Gasteiger partial charge is 0.377 e. The van der Waals surface area contributed by atoms with Gasteiger partial charge in [-0.3, -0.25) is 0 Å². The Hall–Kier alpha value is -0.300. The second-order valence-corrected chi connectivity index (χ2v) is 4.57. The molecule has 1 atom stereocenters. The second kappa shape index (κ2) is 10.2. The smallest absolute Gasteiger partial charge is 0.0754 e. The molecule has 0 rings (SSSR count). The van der Waals surface area contributed by atoms with Crippen molar-refractivity contribution < 1.29 is 4.74 Å². The number of methoxy groups -OCH3 is 1. The lowest BCUT2D eigenvalue weighted by Crippen LogP contribution is -2.07. The topological polar surface area (TPSA) is 9.23 Å². The van der Waals surface area contributed by atoms with Crippen molar-refractivity contribution in [2.75, 3.05) is 7.11 Å². The summed E-state index contributed by atoms with van der Waals surface area (Å²) >= 11 is 0. The van der Waals surface area contributed by atoms with Crippen molar-refractivity contribution >= 4 is 0 Å². The number of ether oxygens (including phenoxy) is 1. The van der Waals surface area contributed by atoms with Crippen LogP contribution < -0.4 is 0 Å². The normalized spacial score (nSPS) is 12.5. The van der Waals surface area contributed by atoms with Gasteiger partial charge >= 0.3 is 0 Å². The summed E-state index contributed by atoms with van der Waals surface area (Å²) in [4.78, 5) is 0. The summed E-state index contributed by atoms with van der Waals surface area (Å²) in [7, 11) is 1.81. The number of allylic oxidation sites excluding steroid dienone is 1. The van der Waals surface area contributed by atoms with Crippen LogP contribution in [0.4, 0.5) is 0 Å². The molecule has 0 aromatic rings. The highest BCUT2D eigenvalue weighted by Gasteiger charge is 2.02. The molecule has 0 aliphatic carbocycles. The zero-order valence-corrected chi connectivity index (χ0v) is 11.0. The van der Waals surface area contributed by atoms with E-state index in [4.69, 9.17) is 4.74 Å². The standard InChI is InChI=1S/C14H28O/c1-5-6-7-8-9-10-11-14(15-4)12-13(2)3/h12,14H,5-11H2,1-4H3.